The predicted octanol–water partition coefficient (Wildman–Crippen LogP) is 2.68. The Morgan fingerprint density at radius 1 is 1.38 bits per heavy atom. The van der Waals surface area contributed by atoms with Crippen LogP contribution in [-0.4, -0.2) is 40.1 Å². The van der Waals surface area contributed by atoms with E-state index in [1.165, 1.54) is 6.07 Å². The van der Waals surface area contributed by atoms with E-state index in [1.54, 1.807) is 18.3 Å². The molecule has 0 saturated heterocycles. The van der Waals surface area contributed by atoms with Crippen molar-refractivity contribution in [3.63, 3.8) is 0 Å². The van der Waals surface area contributed by atoms with E-state index in [1.807, 2.05) is 4.90 Å². The molecule has 1 fully saturated rings. The molecule has 1 aromatic carbocycles. The molecule has 1 aliphatic rings. The highest BCUT2D eigenvalue weighted by Crippen LogP contribution is 2.30. The van der Waals surface area contributed by atoms with Crippen molar-refractivity contribution in [2.24, 2.45) is 0 Å². The molecule has 3 rings (SSSR count). The zero-order chi connectivity index (χ0) is 14.8. The van der Waals surface area contributed by atoms with Gasteiger partial charge in [0.2, 0.25) is 0 Å². The number of unbranched alkanes of at least 4 members (excludes halogenated alkanes) is 1. The highest BCUT2D eigenvalue weighted by molar-refractivity contribution is 6.07. The number of carbonyl (C=O) groups excluding carboxylic acids is 1. The Labute approximate surface area is 122 Å². The quantitative estimate of drug-likeness (QED) is 0.804. The number of aliphatic hydroxyl groups is 1. The summed E-state index contributed by atoms with van der Waals surface area (Å²) in [4.78, 5) is 17.5. The lowest BCUT2D eigenvalue weighted by molar-refractivity contribution is 0.0738. The van der Waals surface area contributed by atoms with E-state index in [2.05, 4.69) is 4.98 Å². The molecule has 112 valence electrons. The second-order valence-electron chi connectivity index (χ2n) is 5.53. The van der Waals surface area contributed by atoms with Gasteiger partial charge in [-0.15, -0.1) is 0 Å². The van der Waals surface area contributed by atoms with Crippen molar-refractivity contribution >= 4 is 16.8 Å². The number of benzene rings is 1. The van der Waals surface area contributed by atoms with Gasteiger partial charge in [0.05, 0.1) is 5.56 Å². The summed E-state index contributed by atoms with van der Waals surface area (Å²) in [5.74, 6) is -0.491. The molecule has 2 aromatic rings. The maximum absolute atomic E-state index is 14.0. The van der Waals surface area contributed by atoms with Crippen molar-refractivity contribution in [1.82, 2.24) is 9.88 Å². The Balaban J connectivity index is 1.87. The topological polar surface area (TPSA) is 56.3 Å². The minimum absolute atomic E-state index is 0.119. The van der Waals surface area contributed by atoms with Crippen LogP contribution in [0.5, 0.6) is 0 Å². The standard InChI is InChI=1S/C16H19FN2O2/c17-13-4-3-5-14-15(13)12(10-18-14)16(21)19(11-6-7-11)8-1-2-9-20/h3-5,10-11,18,20H,1-2,6-9H2. The second kappa shape index (κ2) is 5.85. The van der Waals surface area contributed by atoms with Gasteiger partial charge in [-0.25, -0.2) is 4.39 Å². The molecule has 0 unspecified atom stereocenters. The van der Waals surface area contributed by atoms with Gasteiger partial charge in [-0.3, -0.25) is 4.79 Å². The molecule has 1 amide bonds. The molecule has 1 heterocycles. The Kier molecular flexibility index (Phi) is 3.92. The molecular formula is C16H19FN2O2. The lowest BCUT2D eigenvalue weighted by atomic mass is 10.1. The summed E-state index contributed by atoms with van der Waals surface area (Å²) in [6, 6.07) is 5.04. The van der Waals surface area contributed by atoms with E-state index in [9.17, 15) is 9.18 Å². The zero-order valence-corrected chi connectivity index (χ0v) is 11.8. The third kappa shape index (κ3) is 2.78. The first-order chi connectivity index (χ1) is 10.2. The number of carbonyl (C=O) groups is 1. The fourth-order valence-electron chi connectivity index (χ4n) is 2.69. The number of nitrogens with zero attached hydrogens (tertiary/aromatic N) is 1. The lowest BCUT2D eigenvalue weighted by Crippen LogP contribution is -2.34. The second-order valence-corrected chi connectivity index (χ2v) is 5.53. The van der Waals surface area contributed by atoms with Gasteiger partial charge in [0, 0.05) is 36.3 Å². The fraction of sp³-hybridized carbons (Fsp3) is 0.438. The molecule has 2 N–H and O–H groups in total. The summed E-state index contributed by atoms with van der Waals surface area (Å²) in [6.45, 7) is 0.750. The number of halogens is 1. The SMILES string of the molecule is O=C(c1c[nH]c2cccc(F)c12)N(CCCCO)C1CC1. The van der Waals surface area contributed by atoms with Crippen LogP contribution in [0.2, 0.25) is 0 Å². The minimum atomic E-state index is -0.372. The molecule has 0 atom stereocenters. The van der Waals surface area contributed by atoms with Crippen LogP contribution < -0.4 is 0 Å². The number of fused-ring (bicyclic) bond motifs is 1. The van der Waals surface area contributed by atoms with Crippen LogP contribution in [0.25, 0.3) is 10.9 Å². The molecule has 0 aliphatic heterocycles. The first-order valence-corrected chi connectivity index (χ1v) is 7.40. The average Bonchev–Trinajstić information content (AvgIpc) is 3.22. The minimum Gasteiger partial charge on any atom is -0.396 e. The van der Waals surface area contributed by atoms with E-state index in [0.717, 1.165) is 19.3 Å². The lowest BCUT2D eigenvalue weighted by Gasteiger charge is -2.22. The van der Waals surface area contributed by atoms with Crippen molar-refractivity contribution in [2.75, 3.05) is 13.2 Å². The van der Waals surface area contributed by atoms with E-state index in [4.69, 9.17) is 5.11 Å². The van der Waals surface area contributed by atoms with E-state index in [-0.39, 0.29) is 24.4 Å². The molecule has 5 heteroatoms. The number of amides is 1. The number of hydrogen-bond donors (Lipinski definition) is 2. The normalized spacial score (nSPS) is 14.6. The van der Waals surface area contributed by atoms with Gasteiger partial charge >= 0.3 is 0 Å². The Hall–Kier alpha value is -1.88. The van der Waals surface area contributed by atoms with Gasteiger partial charge in [-0.1, -0.05) is 6.07 Å². The zero-order valence-electron chi connectivity index (χ0n) is 11.8. The molecular weight excluding hydrogens is 271 g/mol. The largest absolute Gasteiger partial charge is 0.396 e. The van der Waals surface area contributed by atoms with E-state index >= 15 is 0 Å². The van der Waals surface area contributed by atoms with Gasteiger partial charge in [-0.05, 0) is 37.8 Å². The summed E-state index contributed by atoms with van der Waals surface area (Å²) in [5.41, 5.74) is 1.04. The molecule has 1 saturated carbocycles. The van der Waals surface area contributed by atoms with Crippen LogP contribution in [0.1, 0.15) is 36.0 Å². The van der Waals surface area contributed by atoms with Gasteiger partial charge in [0.15, 0.2) is 0 Å². The maximum atomic E-state index is 14.0. The first-order valence-electron chi connectivity index (χ1n) is 7.40. The van der Waals surface area contributed by atoms with Crippen molar-refractivity contribution in [1.29, 1.82) is 0 Å². The van der Waals surface area contributed by atoms with Crippen LogP contribution in [0.15, 0.2) is 24.4 Å². The van der Waals surface area contributed by atoms with Gasteiger partial charge in [0.1, 0.15) is 5.82 Å². The third-order valence-electron chi connectivity index (χ3n) is 3.94. The maximum Gasteiger partial charge on any atom is 0.256 e. The molecule has 1 aliphatic carbocycles. The van der Waals surface area contributed by atoms with E-state index < -0.39 is 0 Å². The number of aliphatic hydroxyl groups excluding tert-OH is 1. The summed E-state index contributed by atoms with van der Waals surface area (Å²) in [7, 11) is 0. The number of nitrogens with one attached hydrogen (secondary N) is 1. The van der Waals surface area contributed by atoms with Crippen LogP contribution in [0.3, 0.4) is 0 Å². The average molecular weight is 290 g/mol. The van der Waals surface area contributed by atoms with Crippen molar-refractivity contribution < 1.29 is 14.3 Å². The third-order valence-corrected chi connectivity index (χ3v) is 3.94. The van der Waals surface area contributed by atoms with Crippen molar-refractivity contribution in [3.8, 4) is 0 Å². The number of aromatic nitrogens is 1. The van der Waals surface area contributed by atoms with Crippen LogP contribution in [0, 0.1) is 5.82 Å². The van der Waals surface area contributed by atoms with Crippen molar-refractivity contribution in [2.45, 2.75) is 31.7 Å². The van der Waals surface area contributed by atoms with Gasteiger partial charge in [-0.2, -0.15) is 0 Å². The number of hydrogen-bond acceptors (Lipinski definition) is 2. The van der Waals surface area contributed by atoms with Gasteiger partial charge < -0.3 is 15.0 Å². The monoisotopic (exact) mass is 290 g/mol. The fourth-order valence-corrected chi connectivity index (χ4v) is 2.69. The summed E-state index contributed by atoms with van der Waals surface area (Å²) >= 11 is 0. The Bertz CT molecular complexity index is 649. The van der Waals surface area contributed by atoms with E-state index in [0.29, 0.717) is 29.4 Å². The Morgan fingerprint density at radius 2 is 2.19 bits per heavy atom. The summed E-state index contributed by atoms with van der Waals surface area (Å²) in [5, 5.41) is 9.25. The Morgan fingerprint density at radius 3 is 2.90 bits per heavy atom. The number of H-pyrrole nitrogens is 1. The summed E-state index contributed by atoms with van der Waals surface area (Å²) in [6.07, 6.45) is 5.06. The summed E-state index contributed by atoms with van der Waals surface area (Å²) < 4.78 is 14.0. The van der Waals surface area contributed by atoms with Crippen LogP contribution >= 0.6 is 0 Å². The number of aromatic amines is 1. The van der Waals surface area contributed by atoms with Crippen LogP contribution in [0.4, 0.5) is 4.39 Å². The first kappa shape index (κ1) is 14.1. The molecule has 4 nitrogen and oxygen atoms in total. The molecule has 0 radical (unpaired) electrons. The highest BCUT2D eigenvalue weighted by atomic mass is 19.1. The predicted molar refractivity (Wildman–Crippen MR) is 78.6 cm³/mol. The van der Waals surface area contributed by atoms with Gasteiger partial charge in [0.25, 0.3) is 5.91 Å². The molecule has 1 aromatic heterocycles. The molecule has 0 bridgehead atoms. The van der Waals surface area contributed by atoms with Crippen molar-refractivity contribution in [3.05, 3.63) is 35.8 Å². The highest BCUT2D eigenvalue weighted by Gasteiger charge is 2.33. The molecule has 0 spiro atoms. The number of rotatable bonds is 6. The van der Waals surface area contributed by atoms with Crippen LogP contribution in [-0.2, 0) is 0 Å². The smallest absolute Gasteiger partial charge is 0.256 e. The molecule has 21 heavy (non-hydrogen) atoms.